The summed E-state index contributed by atoms with van der Waals surface area (Å²) in [5.74, 6) is -3.38. The molecule has 0 spiro atoms. The Morgan fingerprint density at radius 1 is 1.14 bits per heavy atom. The monoisotopic (exact) mass is 411 g/mol. The van der Waals surface area contributed by atoms with E-state index in [1.165, 1.54) is 12.1 Å². The molecule has 2 amide bonds. The zero-order valence-corrected chi connectivity index (χ0v) is 16.0. The number of nitrogens with zero attached hydrogens (tertiary/aromatic N) is 1. The van der Waals surface area contributed by atoms with Gasteiger partial charge in [0.2, 0.25) is 5.91 Å². The molecule has 0 radical (unpaired) electrons. The van der Waals surface area contributed by atoms with E-state index < -0.39 is 29.5 Å². The molecule has 0 aliphatic carbocycles. The summed E-state index contributed by atoms with van der Waals surface area (Å²) < 4.78 is 27.8. The predicted octanol–water partition coefficient (Wildman–Crippen LogP) is 3.17. The second kappa shape index (κ2) is 8.83. The number of nitrogens with one attached hydrogen (secondary N) is 2. The molecule has 10 heteroatoms. The van der Waals surface area contributed by atoms with Gasteiger partial charge in [0.05, 0.1) is 10.6 Å². The average Bonchev–Trinajstić information content (AvgIpc) is 2.59. The van der Waals surface area contributed by atoms with Crippen LogP contribution in [-0.2, 0) is 4.79 Å². The topological polar surface area (TPSA) is 123 Å². The maximum atomic E-state index is 14.4. The molecule has 150 valence electrons. The van der Waals surface area contributed by atoms with Crippen LogP contribution in [0.15, 0.2) is 24.3 Å². The number of hydrogen-bond acceptors (Lipinski definition) is 5. The van der Waals surface area contributed by atoms with Crippen LogP contribution in [0.5, 0.6) is 0 Å². The van der Waals surface area contributed by atoms with Crippen LogP contribution in [-0.4, -0.2) is 22.8 Å². The van der Waals surface area contributed by atoms with Crippen LogP contribution in [0, 0.1) is 17.6 Å². The van der Waals surface area contributed by atoms with E-state index in [0.717, 1.165) is 12.1 Å². The first-order valence-electron chi connectivity index (χ1n) is 8.36. The molecule has 1 aromatic carbocycles. The third kappa shape index (κ3) is 5.29. The highest BCUT2D eigenvalue weighted by Crippen LogP contribution is 2.27. The van der Waals surface area contributed by atoms with Gasteiger partial charge in [-0.3, -0.25) is 9.59 Å². The Hall–Kier alpha value is -2.94. The number of benzene rings is 1. The van der Waals surface area contributed by atoms with Gasteiger partial charge in [-0.15, -0.1) is 0 Å². The molecule has 2 rings (SSSR count). The van der Waals surface area contributed by atoms with Gasteiger partial charge >= 0.3 is 0 Å². The first kappa shape index (κ1) is 21.4. The van der Waals surface area contributed by atoms with Crippen molar-refractivity contribution in [3.63, 3.8) is 0 Å². The quantitative estimate of drug-likeness (QED) is 0.531. The number of carbonyl (C=O) groups is 2. The van der Waals surface area contributed by atoms with Crippen molar-refractivity contribution in [3.05, 3.63) is 46.5 Å². The highest BCUT2D eigenvalue weighted by Gasteiger charge is 2.22. The van der Waals surface area contributed by atoms with Crippen LogP contribution in [0.4, 0.5) is 26.1 Å². The molecular weight excluding hydrogens is 392 g/mol. The number of primary amides is 2. The number of halogens is 3. The van der Waals surface area contributed by atoms with Gasteiger partial charge in [0.25, 0.3) is 5.91 Å². The van der Waals surface area contributed by atoms with Gasteiger partial charge < -0.3 is 22.1 Å². The van der Waals surface area contributed by atoms with E-state index in [2.05, 4.69) is 15.6 Å². The van der Waals surface area contributed by atoms with Crippen molar-refractivity contribution in [3.8, 4) is 0 Å². The third-order valence-electron chi connectivity index (χ3n) is 3.79. The molecule has 0 unspecified atom stereocenters. The van der Waals surface area contributed by atoms with Gasteiger partial charge in [-0.2, -0.15) is 0 Å². The number of pyridine rings is 1. The van der Waals surface area contributed by atoms with E-state index in [4.69, 9.17) is 23.1 Å². The molecule has 2 aromatic rings. The molecule has 0 aliphatic heterocycles. The fourth-order valence-electron chi connectivity index (χ4n) is 2.47. The SMILES string of the molecule is CC(C)C[C@@H](Nc1nc(Nc2ccc(F)c(Cl)c2)c(C(N)=O)cc1F)C(N)=O. The van der Waals surface area contributed by atoms with Crippen LogP contribution < -0.4 is 22.1 Å². The molecule has 1 heterocycles. The normalized spacial score (nSPS) is 11.9. The summed E-state index contributed by atoms with van der Waals surface area (Å²) in [4.78, 5) is 27.3. The second-order valence-corrected chi connectivity index (χ2v) is 6.97. The lowest BCUT2D eigenvalue weighted by Crippen LogP contribution is -2.37. The predicted molar refractivity (Wildman–Crippen MR) is 103 cm³/mol. The standard InChI is InChI=1S/C18H20ClF2N5O2/c1-8(2)5-14(16(23)28)25-18-13(21)7-10(15(22)27)17(26-18)24-9-3-4-12(20)11(19)6-9/h3-4,6-8,14H,5H2,1-2H3,(H2,22,27)(H2,23,28)(H2,24,25,26)/t14-/m1/s1. The van der Waals surface area contributed by atoms with Crippen molar-refractivity contribution in [2.75, 3.05) is 10.6 Å². The zero-order chi connectivity index (χ0) is 21.0. The molecule has 1 aromatic heterocycles. The summed E-state index contributed by atoms with van der Waals surface area (Å²) >= 11 is 5.74. The van der Waals surface area contributed by atoms with E-state index in [1.807, 2.05) is 13.8 Å². The maximum Gasteiger partial charge on any atom is 0.252 e. The summed E-state index contributed by atoms with van der Waals surface area (Å²) in [6, 6.07) is 3.76. The third-order valence-corrected chi connectivity index (χ3v) is 4.07. The smallest absolute Gasteiger partial charge is 0.252 e. The van der Waals surface area contributed by atoms with Gasteiger partial charge in [-0.05, 0) is 36.6 Å². The lowest BCUT2D eigenvalue weighted by atomic mass is 10.0. The molecule has 0 saturated heterocycles. The molecule has 6 N–H and O–H groups in total. The lowest BCUT2D eigenvalue weighted by molar-refractivity contribution is -0.119. The van der Waals surface area contributed by atoms with Gasteiger partial charge in [-0.1, -0.05) is 25.4 Å². The van der Waals surface area contributed by atoms with Crippen molar-refractivity contribution < 1.29 is 18.4 Å². The van der Waals surface area contributed by atoms with Crippen molar-refractivity contribution in [1.29, 1.82) is 0 Å². The van der Waals surface area contributed by atoms with Crippen molar-refractivity contribution in [1.82, 2.24) is 4.98 Å². The van der Waals surface area contributed by atoms with Crippen LogP contribution in [0.1, 0.15) is 30.6 Å². The first-order chi connectivity index (χ1) is 13.1. The van der Waals surface area contributed by atoms with Crippen LogP contribution in [0.3, 0.4) is 0 Å². The molecule has 0 fully saturated rings. The Morgan fingerprint density at radius 3 is 2.36 bits per heavy atom. The minimum atomic E-state index is -0.928. The highest BCUT2D eigenvalue weighted by atomic mass is 35.5. The zero-order valence-electron chi connectivity index (χ0n) is 15.2. The number of hydrogen-bond donors (Lipinski definition) is 4. The maximum absolute atomic E-state index is 14.4. The first-order valence-corrected chi connectivity index (χ1v) is 8.74. The summed E-state index contributed by atoms with van der Waals surface area (Å²) in [6.45, 7) is 3.76. The Kier molecular flexibility index (Phi) is 6.74. The van der Waals surface area contributed by atoms with E-state index in [-0.39, 0.29) is 28.1 Å². The summed E-state index contributed by atoms with van der Waals surface area (Å²) in [5, 5.41) is 5.24. The molecule has 28 heavy (non-hydrogen) atoms. The summed E-state index contributed by atoms with van der Waals surface area (Å²) in [6.07, 6.45) is 0.352. The van der Waals surface area contributed by atoms with Crippen molar-refractivity contribution in [2.24, 2.45) is 17.4 Å². The summed E-state index contributed by atoms with van der Waals surface area (Å²) in [5.41, 5.74) is 10.7. The fraction of sp³-hybridized carbons (Fsp3) is 0.278. The molecule has 0 bridgehead atoms. The number of amides is 2. The molecular formula is C18H20ClF2N5O2. The highest BCUT2D eigenvalue weighted by molar-refractivity contribution is 6.31. The minimum Gasteiger partial charge on any atom is -0.368 e. The molecule has 0 saturated carbocycles. The van der Waals surface area contributed by atoms with Gasteiger partial charge in [0.1, 0.15) is 17.7 Å². The Balaban J connectivity index is 2.42. The Labute approximate surface area is 165 Å². The Morgan fingerprint density at radius 2 is 1.82 bits per heavy atom. The van der Waals surface area contributed by atoms with E-state index in [1.54, 1.807) is 0 Å². The number of carbonyl (C=O) groups excluding carboxylic acids is 2. The van der Waals surface area contributed by atoms with E-state index >= 15 is 0 Å². The van der Waals surface area contributed by atoms with Crippen LogP contribution >= 0.6 is 11.6 Å². The Bertz CT molecular complexity index is 908. The lowest BCUT2D eigenvalue weighted by Gasteiger charge is -2.19. The molecule has 0 aliphatic rings. The van der Waals surface area contributed by atoms with Crippen LogP contribution in [0.2, 0.25) is 5.02 Å². The van der Waals surface area contributed by atoms with Crippen LogP contribution in [0.25, 0.3) is 0 Å². The molecule has 1 atom stereocenters. The largest absolute Gasteiger partial charge is 0.368 e. The number of aromatic nitrogens is 1. The van der Waals surface area contributed by atoms with Gasteiger partial charge in [0.15, 0.2) is 11.6 Å². The average molecular weight is 412 g/mol. The second-order valence-electron chi connectivity index (χ2n) is 6.56. The molecule has 7 nitrogen and oxygen atoms in total. The minimum absolute atomic E-state index is 0.0909. The van der Waals surface area contributed by atoms with Crippen molar-refractivity contribution >= 4 is 40.7 Å². The fourth-order valence-corrected chi connectivity index (χ4v) is 2.65. The van der Waals surface area contributed by atoms with Gasteiger partial charge in [0, 0.05) is 5.69 Å². The van der Waals surface area contributed by atoms with E-state index in [0.29, 0.717) is 12.1 Å². The number of nitrogens with two attached hydrogens (primary N) is 2. The van der Waals surface area contributed by atoms with E-state index in [9.17, 15) is 18.4 Å². The summed E-state index contributed by atoms with van der Waals surface area (Å²) in [7, 11) is 0. The van der Waals surface area contributed by atoms with Crippen molar-refractivity contribution in [2.45, 2.75) is 26.3 Å². The number of anilines is 3. The van der Waals surface area contributed by atoms with Gasteiger partial charge in [-0.25, -0.2) is 13.8 Å². The number of rotatable bonds is 8.